The molecule has 3 rings (SSSR count). The highest BCUT2D eigenvalue weighted by Crippen LogP contribution is 2.51. The van der Waals surface area contributed by atoms with E-state index >= 15 is 0 Å². The summed E-state index contributed by atoms with van der Waals surface area (Å²) in [5.41, 5.74) is 2.73. The first-order chi connectivity index (χ1) is 8.57. The molecule has 0 spiro atoms. The highest BCUT2D eigenvalue weighted by molar-refractivity contribution is 8.00. The third kappa shape index (κ3) is 2.12. The van der Waals surface area contributed by atoms with E-state index in [1.54, 1.807) is 0 Å². The maximum atomic E-state index is 10.9. The Bertz CT molecular complexity index is 450. The zero-order valence-corrected chi connectivity index (χ0v) is 11.7. The molecule has 2 unspecified atom stereocenters. The second-order valence-corrected chi connectivity index (χ2v) is 7.36. The first-order valence-electron chi connectivity index (χ1n) is 6.71. The van der Waals surface area contributed by atoms with Crippen LogP contribution in [-0.4, -0.2) is 15.6 Å². The van der Waals surface area contributed by atoms with Crippen LogP contribution in [0.2, 0.25) is 0 Å². The van der Waals surface area contributed by atoms with E-state index in [0.717, 1.165) is 29.5 Å². The van der Waals surface area contributed by atoms with Crippen molar-refractivity contribution in [2.75, 3.05) is 0 Å². The van der Waals surface area contributed by atoms with Crippen molar-refractivity contribution in [3.63, 3.8) is 0 Å². The zero-order chi connectivity index (χ0) is 12.8. The predicted molar refractivity (Wildman–Crippen MR) is 78.7 cm³/mol. The molecule has 1 nitrogen and oxygen atoms in total. The molecule has 2 aliphatic rings. The lowest BCUT2D eigenvalue weighted by Crippen LogP contribution is -2.34. The Morgan fingerprint density at radius 3 is 2.28 bits per heavy atom. The van der Waals surface area contributed by atoms with Crippen molar-refractivity contribution in [2.24, 2.45) is 0 Å². The summed E-state index contributed by atoms with van der Waals surface area (Å²) in [6.07, 6.45) is 4.39. The van der Waals surface area contributed by atoms with Gasteiger partial charge in [0.2, 0.25) is 0 Å². The largest absolute Gasteiger partial charge is 0.385 e. The number of benzene rings is 1. The van der Waals surface area contributed by atoms with Crippen molar-refractivity contribution < 1.29 is 5.11 Å². The van der Waals surface area contributed by atoms with Gasteiger partial charge in [0, 0.05) is 10.5 Å². The molecule has 96 valence electrons. The third-order valence-corrected chi connectivity index (χ3v) is 5.82. The van der Waals surface area contributed by atoms with Gasteiger partial charge in [-0.3, -0.25) is 0 Å². The van der Waals surface area contributed by atoms with Gasteiger partial charge in [0.05, 0.1) is 5.60 Å². The quantitative estimate of drug-likeness (QED) is 0.868. The number of aliphatic hydroxyl groups is 1. The van der Waals surface area contributed by atoms with Gasteiger partial charge < -0.3 is 5.11 Å². The number of hydrogen-bond donors (Lipinski definition) is 1. The highest BCUT2D eigenvalue weighted by atomic mass is 32.2. The Kier molecular flexibility index (Phi) is 3.03. The number of allylic oxidation sites excluding steroid dienone is 1. The molecule has 0 amide bonds. The molecule has 1 N–H and O–H groups in total. The van der Waals surface area contributed by atoms with Crippen LogP contribution in [-0.2, 0) is 5.60 Å². The highest BCUT2D eigenvalue weighted by Gasteiger charge is 2.44. The molecular weight excluding hydrogens is 240 g/mol. The molecule has 2 saturated heterocycles. The van der Waals surface area contributed by atoms with E-state index in [4.69, 9.17) is 0 Å². The summed E-state index contributed by atoms with van der Waals surface area (Å²) in [7, 11) is 0. The Labute approximate surface area is 113 Å². The van der Waals surface area contributed by atoms with Crippen molar-refractivity contribution in [2.45, 2.75) is 48.7 Å². The Morgan fingerprint density at radius 2 is 1.78 bits per heavy atom. The fraction of sp³-hybridized carbons (Fsp3) is 0.500. The van der Waals surface area contributed by atoms with Gasteiger partial charge in [0.15, 0.2) is 0 Å². The molecule has 1 aromatic carbocycles. The lowest BCUT2D eigenvalue weighted by atomic mass is 9.85. The van der Waals surface area contributed by atoms with Gasteiger partial charge >= 0.3 is 0 Å². The fourth-order valence-corrected chi connectivity index (χ4v) is 5.05. The number of fused-ring (bicyclic) bond motifs is 2. The van der Waals surface area contributed by atoms with Gasteiger partial charge in [-0.05, 0) is 43.7 Å². The Balaban J connectivity index is 1.87. The minimum Gasteiger partial charge on any atom is -0.385 e. The summed E-state index contributed by atoms with van der Waals surface area (Å²) in [6, 6.07) is 8.33. The van der Waals surface area contributed by atoms with Crippen molar-refractivity contribution in [3.05, 3.63) is 42.0 Å². The van der Waals surface area contributed by atoms with Gasteiger partial charge in [-0.1, -0.05) is 36.4 Å². The SMILES string of the molecule is C=C(C)c1ccc(C2(O)CC3CCC(C2)S3)cc1. The minimum atomic E-state index is -0.593. The van der Waals surface area contributed by atoms with E-state index in [-0.39, 0.29) is 0 Å². The average Bonchev–Trinajstić information content (AvgIpc) is 2.69. The molecular formula is C16H20OS. The summed E-state index contributed by atoms with van der Waals surface area (Å²) >= 11 is 2.08. The molecule has 18 heavy (non-hydrogen) atoms. The van der Waals surface area contributed by atoms with Crippen LogP contribution in [0.5, 0.6) is 0 Å². The maximum Gasteiger partial charge on any atom is 0.0917 e. The predicted octanol–water partition coefficient (Wildman–Crippen LogP) is 3.97. The first-order valence-corrected chi connectivity index (χ1v) is 7.65. The summed E-state index contributed by atoms with van der Waals surface area (Å²) in [4.78, 5) is 0. The first kappa shape index (κ1) is 12.3. The van der Waals surface area contributed by atoms with Gasteiger partial charge in [0.25, 0.3) is 0 Å². The molecule has 0 aliphatic carbocycles. The summed E-state index contributed by atoms with van der Waals surface area (Å²) < 4.78 is 0. The van der Waals surface area contributed by atoms with E-state index in [2.05, 4.69) is 42.6 Å². The van der Waals surface area contributed by atoms with Crippen molar-refractivity contribution in [1.29, 1.82) is 0 Å². The lowest BCUT2D eigenvalue weighted by molar-refractivity contribution is 0.0196. The van der Waals surface area contributed by atoms with Crippen LogP contribution in [0, 0.1) is 0 Å². The molecule has 2 fully saturated rings. The summed E-state index contributed by atoms with van der Waals surface area (Å²) in [6.45, 7) is 5.97. The van der Waals surface area contributed by atoms with Gasteiger partial charge in [-0.2, -0.15) is 11.8 Å². The van der Waals surface area contributed by atoms with Gasteiger partial charge in [-0.15, -0.1) is 0 Å². The molecule has 1 aromatic rings. The van der Waals surface area contributed by atoms with Gasteiger partial charge in [-0.25, -0.2) is 0 Å². The van der Waals surface area contributed by atoms with E-state index in [9.17, 15) is 5.11 Å². The van der Waals surface area contributed by atoms with Crippen molar-refractivity contribution in [3.8, 4) is 0 Å². The minimum absolute atomic E-state index is 0.593. The van der Waals surface area contributed by atoms with E-state index < -0.39 is 5.60 Å². The number of thioether (sulfide) groups is 1. The molecule has 2 heteroatoms. The van der Waals surface area contributed by atoms with Crippen LogP contribution in [0.4, 0.5) is 0 Å². The number of hydrogen-bond acceptors (Lipinski definition) is 2. The van der Waals surface area contributed by atoms with Crippen LogP contribution in [0.1, 0.15) is 43.7 Å². The van der Waals surface area contributed by atoms with E-state index in [1.165, 1.54) is 12.8 Å². The Morgan fingerprint density at radius 1 is 1.22 bits per heavy atom. The second kappa shape index (κ2) is 4.43. The molecule has 2 aliphatic heterocycles. The zero-order valence-electron chi connectivity index (χ0n) is 10.9. The smallest absolute Gasteiger partial charge is 0.0917 e. The summed E-state index contributed by atoms with van der Waals surface area (Å²) in [5, 5.41) is 12.2. The average molecular weight is 260 g/mol. The van der Waals surface area contributed by atoms with E-state index in [1.807, 2.05) is 6.92 Å². The molecule has 0 aromatic heterocycles. The van der Waals surface area contributed by atoms with Crippen molar-refractivity contribution in [1.82, 2.24) is 0 Å². The molecule has 0 radical (unpaired) electrons. The molecule has 2 bridgehead atoms. The van der Waals surface area contributed by atoms with Crippen LogP contribution in [0.15, 0.2) is 30.8 Å². The number of rotatable bonds is 2. The van der Waals surface area contributed by atoms with Crippen LogP contribution < -0.4 is 0 Å². The molecule has 2 heterocycles. The lowest BCUT2D eigenvalue weighted by Gasteiger charge is -2.36. The van der Waals surface area contributed by atoms with E-state index in [0.29, 0.717) is 10.5 Å². The fourth-order valence-electron chi connectivity index (χ4n) is 3.22. The second-order valence-electron chi connectivity index (χ2n) is 5.75. The third-order valence-electron chi connectivity index (χ3n) is 4.24. The van der Waals surface area contributed by atoms with Crippen LogP contribution in [0.3, 0.4) is 0 Å². The maximum absolute atomic E-state index is 10.9. The standard InChI is InChI=1S/C16H20OS/c1-11(2)12-3-5-13(6-4-12)16(17)9-14-7-8-15(10-16)18-14/h3-6,14-15,17H,1,7-10H2,2H3. The molecule has 2 atom stereocenters. The van der Waals surface area contributed by atoms with Gasteiger partial charge in [0.1, 0.15) is 0 Å². The normalized spacial score (nSPS) is 34.6. The van der Waals surface area contributed by atoms with Crippen molar-refractivity contribution >= 4 is 17.3 Å². The van der Waals surface area contributed by atoms with Crippen LogP contribution in [0.25, 0.3) is 5.57 Å². The molecule has 0 saturated carbocycles. The van der Waals surface area contributed by atoms with Crippen LogP contribution >= 0.6 is 11.8 Å². The topological polar surface area (TPSA) is 20.2 Å². The monoisotopic (exact) mass is 260 g/mol. The Hall–Kier alpha value is -0.730. The summed E-state index contributed by atoms with van der Waals surface area (Å²) in [5.74, 6) is 0.